The van der Waals surface area contributed by atoms with Crippen LogP contribution in [0.2, 0.25) is 5.02 Å². The topological polar surface area (TPSA) is 20.2 Å². The van der Waals surface area contributed by atoms with E-state index in [1.165, 1.54) is 16.7 Å². The van der Waals surface area contributed by atoms with Crippen molar-refractivity contribution >= 4 is 11.6 Å². The first-order valence-corrected chi connectivity index (χ1v) is 7.09. The molecule has 0 spiro atoms. The smallest absolute Gasteiger partial charge is 0.0442 e. The van der Waals surface area contributed by atoms with E-state index in [0.29, 0.717) is 0 Å². The molecule has 0 aromatic heterocycles. The van der Waals surface area contributed by atoms with Crippen LogP contribution < -0.4 is 0 Å². The van der Waals surface area contributed by atoms with Gasteiger partial charge in [0.25, 0.3) is 0 Å². The van der Waals surface area contributed by atoms with Crippen LogP contribution in [0, 0.1) is 0 Å². The first kappa shape index (κ1) is 12.7. The van der Waals surface area contributed by atoms with Gasteiger partial charge in [-0.2, -0.15) is 0 Å². The van der Waals surface area contributed by atoms with Gasteiger partial charge in [-0.3, -0.25) is 0 Å². The van der Waals surface area contributed by atoms with Crippen LogP contribution >= 0.6 is 11.6 Å². The number of halogens is 1. The van der Waals surface area contributed by atoms with E-state index in [2.05, 4.69) is 36.4 Å². The normalized spacial score (nSPS) is 21.4. The number of benzene rings is 2. The zero-order chi connectivity index (χ0) is 13.3. The Balaban J connectivity index is 2.13. The number of fused-ring (bicyclic) bond motifs is 1. The van der Waals surface area contributed by atoms with E-state index in [0.717, 1.165) is 24.3 Å². The lowest BCUT2D eigenvalue weighted by Crippen LogP contribution is -2.26. The van der Waals surface area contributed by atoms with Crippen molar-refractivity contribution in [3.63, 3.8) is 0 Å². The van der Waals surface area contributed by atoms with Crippen LogP contribution in [0.1, 0.15) is 29.5 Å². The lowest BCUT2D eigenvalue weighted by atomic mass is 9.73. The predicted octanol–water partition coefficient (Wildman–Crippen LogP) is 3.95. The predicted molar refractivity (Wildman–Crippen MR) is 78.7 cm³/mol. The van der Waals surface area contributed by atoms with Gasteiger partial charge in [-0.25, -0.2) is 0 Å². The van der Waals surface area contributed by atoms with Gasteiger partial charge in [0.2, 0.25) is 0 Å². The van der Waals surface area contributed by atoms with E-state index >= 15 is 0 Å². The van der Waals surface area contributed by atoms with Crippen molar-refractivity contribution in [3.05, 3.63) is 70.2 Å². The zero-order valence-electron chi connectivity index (χ0n) is 10.8. The second kappa shape index (κ2) is 4.99. The second-order valence-electron chi connectivity index (χ2n) is 5.22. The molecule has 1 atom stereocenters. The molecular weight excluding hydrogens is 256 g/mol. The Morgan fingerprint density at radius 1 is 1.05 bits per heavy atom. The highest BCUT2D eigenvalue weighted by Crippen LogP contribution is 2.46. The Labute approximate surface area is 118 Å². The quantitative estimate of drug-likeness (QED) is 0.897. The van der Waals surface area contributed by atoms with E-state index in [1.807, 2.05) is 12.1 Å². The summed E-state index contributed by atoms with van der Waals surface area (Å²) in [6.07, 6.45) is 2.92. The van der Waals surface area contributed by atoms with Gasteiger partial charge in [-0.05, 0) is 48.1 Å². The molecule has 1 N–H and O–H groups in total. The van der Waals surface area contributed by atoms with Gasteiger partial charge >= 0.3 is 0 Å². The average molecular weight is 273 g/mol. The summed E-state index contributed by atoms with van der Waals surface area (Å²) in [6.45, 7) is 0.205. The fourth-order valence-corrected chi connectivity index (χ4v) is 3.48. The lowest BCUT2D eigenvalue weighted by Gasteiger charge is -2.30. The minimum Gasteiger partial charge on any atom is -0.396 e. The standard InChI is InChI=1S/C17H17ClO/c18-15-7-5-14(6-8-15)17(11-12-19)10-9-13-3-1-2-4-16(13)17/h1-8,19H,9-12H2. The van der Waals surface area contributed by atoms with Crippen molar-refractivity contribution in [1.29, 1.82) is 0 Å². The summed E-state index contributed by atoms with van der Waals surface area (Å²) in [5.41, 5.74) is 3.99. The van der Waals surface area contributed by atoms with E-state index in [1.54, 1.807) is 0 Å². The molecule has 1 unspecified atom stereocenters. The molecule has 0 aliphatic heterocycles. The molecule has 19 heavy (non-hydrogen) atoms. The van der Waals surface area contributed by atoms with Gasteiger partial charge in [0, 0.05) is 17.0 Å². The second-order valence-corrected chi connectivity index (χ2v) is 5.66. The minimum absolute atomic E-state index is 0.0457. The highest BCUT2D eigenvalue weighted by atomic mass is 35.5. The van der Waals surface area contributed by atoms with Gasteiger partial charge in [-0.15, -0.1) is 0 Å². The molecule has 0 amide bonds. The molecule has 98 valence electrons. The third kappa shape index (κ3) is 2.07. The maximum atomic E-state index is 9.51. The van der Waals surface area contributed by atoms with E-state index in [4.69, 9.17) is 11.6 Å². The van der Waals surface area contributed by atoms with Gasteiger partial charge in [0.15, 0.2) is 0 Å². The molecule has 3 rings (SSSR count). The Morgan fingerprint density at radius 2 is 1.79 bits per heavy atom. The molecule has 2 heteroatoms. The van der Waals surface area contributed by atoms with Crippen LogP contribution in [0.15, 0.2) is 48.5 Å². The number of rotatable bonds is 3. The maximum absolute atomic E-state index is 9.51. The first-order chi connectivity index (χ1) is 9.26. The molecule has 0 radical (unpaired) electrons. The summed E-state index contributed by atoms with van der Waals surface area (Å²) in [5, 5.41) is 10.3. The highest BCUT2D eigenvalue weighted by Gasteiger charge is 2.39. The van der Waals surface area contributed by atoms with Crippen LogP contribution in [0.3, 0.4) is 0 Å². The number of hydrogen-bond donors (Lipinski definition) is 1. The summed E-state index contributed by atoms with van der Waals surface area (Å²) in [5.74, 6) is 0. The average Bonchev–Trinajstić information content (AvgIpc) is 2.81. The first-order valence-electron chi connectivity index (χ1n) is 6.71. The largest absolute Gasteiger partial charge is 0.396 e. The fraction of sp³-hybridized carbons (Fsp3) is 0.294. The lowest BCUT2D eigenvalue weighted by molar-refractivity contribution is 0.252. The molecule has 0 saturated carbocycles. The van der Waals surface area contributed by atoms with Crippen molar-refractivity contribution < 1.29 is 5.11 Å². The van der Waals surface area contributed by atoms with E-state index < -0.39 is 0 Å². The van der Waals surface area contributed by atoms with E-state index in [-0.39, 0.29) is 12.0 Å². The Morgan fingerprint density at radius 3 is 2.53 bits per heavy atom. The SMILES string of the molecule is OCCC1(c2ccc(Cl)cc2)CCc2ccccc21. The number of aliphatic hydroxyl groups excluding tert-OH is 1. The summed E-state index contributed by atoms with van der Waals surface area (Å²) in [6, 6.07) is 16.7. The molecule has 0 fully saturated rings. The monoisotopic (exact) mass is 272 g/mol. The molecular formula is C17H17ClO. The number of aliphatic hydroxyl groups is 1. The zero-order valence-corrected chi connectivity index (χ0v) is 11.5. The third-order valence-corrected chi connectivity index (χ3v) is 4.54. The molecule has 1 aliphatic carbocycles. The molecule has 2 aromatic carbocycles. The molecule has 0 heterocycles. The summed E-state index contributed by atoms with van der Waals surface area (Å²) >= 11 is 5.99. The highest BCUT2D eigenvalue weighted by molar-refractivity contribution is 6.30. The van der Waals surface area contributed by atoms with Gasteiger partial charge in [0.1, 0.15) is 0 Å². The fourth-order valence-electron chi connectivity index (χ4n) is 3.35. The molecule has 1 nitrogen and oxygen atoms in total. The summed E-state index contributed by atoms with van der Waals surface area (Å²) in [7, 11) is 0. The van der Waals surface area contributed by atoms with Crippen LogP contribution in [-0.4, -0.2) is 11.7 Å². The van der Waals surface area contributed by atoms with Gasteiger partial charge < -0.3 is 5.11 Å². The molecule has 2 aromatic rings. The Hall–Kier alpha value is -1.31. The number of aryl methyl sites for hydroxylation is 1. The minimum atomic E-state index is -0.0457. The van der Waals surface area contributed by atoms with Gasteiger partial charge in [-0.1, -0.05) is 48.0 Å². The summed E-state index contributed by atoms with van der Waals surface area (Å²) in [4.78, 5) is 0. The Bertz CT molecular complexity index is 572. The van der Waals surface area contributed by atoms with Crippen molar-refractivity contribution in [2.45, 2.75) is 24.7 Å². The Kier molecular flexibility index (Phi) is 3.34. The van der Waals surface area contributed by atoms with Crippen LogP contribution in [0.25, 0.3) is 0 Å². The van der Waals surface area contributed by atoms with Crippen molar-refractivity contribution in [2.24, 2.45) is 0 Å². The number of hydrogen-bond acceptors (Lipinski definition) is 1. The summed E-state index contributed by atoms with van der Waals surface area (Å²) < 4.78 is 0. The van der Waals surface area contributed by atoms with Crippen LogP contribution in [0.5, 0.6) is 0 Å². The maximum Gasteiger partial charge on any atom is 0.0442 e. The van der Waals surface area contributed by atoms with Crippen molar-refractivity contribution in [1.82, 2.24) is 0 Å². The third-order valence-electron chi connectivity index (χ3n) is 4.29. The van der Waals surface area contributed by atoms with Crippen molar-refractivity contribution in [3.8, 4) is 0 Å². The molecule has 1 aliphatic rings. The van der Waals surface area contributed by atoms with Crippen molar-refractivity contribution in [2.75, 3.05) is 6.61 Å². The van der Waals surface area contributed by atoms with Crippen LogP contribution in [-0.2, 0) is 11.8 Å². The molecule has 0 bridgehead atoms. The van der Waals surface area contributed by atoms with E-state index in [9.17, 15) is 5.11 Å². The molecule has 0 saturated heterocycles. The van der Waals surface area contributed by atoms with Crippen LogP contribution in [0.4, 0.5) is 0 Å². The van der Waals surface area contributed by atoms with Gasteiger partial charge in [0.05, 0.1) is 0 Å².